The van der Waals surface area contributed by atoms with Crippen molar-refractivity contribution in [2.24, 2.45) is 0 Å². The van der Waals surface area contributed by atoms with Crippen LogP contribution in [0, 0.1) is 20.8 Å². The van der Waals surface area contributed by atoms with Crippen LogP contribution in [0.4, 0.5) is 0 Å². The zero-order chi connectivity index (χ0) is 15.6. The summed E-state index contributed by atoms with van der Waals surface area (Å²) in [4.78, 5) is 8.50. The van der Waals surface area contributed by atoms with Crippen molar-refractivity contribution < 1.29 is 0 Å². The molecule has 21 heavy (non-hydrogen) atoms. The highest BCUT2D eigenvalue weighted by Crippen LogP contribution is 2.35. The number of hydrogen-bond donors (Lipinski definition) is 1. The van der Waals surface area contributed by atoms with Crippen molar-refractivity contribution in [1.29, 1.82) is 0 Å². The van der Waals surface area contributed by atoms with Gasteiger partial charge >= 0.3 is 0 Å². The van der Waals surface area contributed by atoms with E-state index in [-0.39, 0.29) is 0 Å². The van der Waals surface area contributed by atoms with Crippen LogP contribution in [0.1, 0.15) is 67.7 Å². The number of aryl methyl sites for hydroxylation is 4. The topological polar surface area (TPSA) is 28.7 Å². The Bertz CT molecular complexity index is 595. The summed E-state index contributed by atoms with van der Waals surface area (Å²) in [7, 11) is 0. The van der Waals surface area contributed by atoms with Crippen LogP contribution in [0.15, 0.2) is 12.1 Å². The Morgan fingerprint density at radius 2 is 1.57 bits per heavy atom. The number of hydrogen-bond acceptors (Lipinski definition) is 1. The maximum absolute atomic E-state index is 4.91. The summed E-state index contributed by atoms with van der Waals surface area (Å²) in [6, 6.07) is 4.53. The van der Waals surface area contributed by atoms with Crippen LogP contribution in [0.3, 0.4) is 0 Å². The van der Waals surface area contributed by atoms with E-state index in [0.29, 0.717) is 5.92 Å². The molecule has 0 atom stereocenters. The Labute approximate surface area is 129 Å². The largest absolute Gasteiger partial charge is 0.345 e. The number of imidazole rings is 1. The van der Waals surface area contributed by atoms with Gasteiger partial charge in [0, 0.05) is 23.6 Å². The highest BCUT2D eigenvalue weighted by atomic mass is 14.9. The average molecular weight is 284 g/mol. The minimum atomic E-state index is 0.563. The van der Waals surface area contributed by atoms with Crippen molar-refractivity contribution in [1.82, 2.24) is 9.97 Å². The average Bonchev–Trinajstić information content (AvgIpc) is 2.83. The van der Waals surface area contributed by atoms with Gasteiger partial charge in [0.05, 0.1) is 5.69 Å². The monoisotopic (exact) mass is 284 g/mol. The summed E-state index contributed by atoms with van der Waals surface area (Å²) < 4.78 is 0. The van der Waals surface area contributed by atoms with Crippen molar-refractivity contribution in [2.45, 2.75) is 66.7 Å². The fourth-order valence-electron chi connectivity index (χ4n) is 3.34. The molecule has 0 radical (unpaired) electrons. The Hall–Kier alpha value is -1.57. The van der Waals surface area contributed by atoms with Gasteiger partial charge in [-0.25, -0.2) is 4.98 Å². The number of aromatic nitrogens is 2. The lowest BCUT2D eigenvalue weighted by Gasteiger charge is -2.16. The van der Waals surface area contributed by atoms with Crippen LogP contribution in [-0.4, -0.2) is 9.97 Å². The molecule has 0 aliphatic rings. The van der Waals surface area contributed by atoms with Gasteiger partial charge in [-0.15, -0.1) is 0 Å². The van der Waals surface area contributed by atoms with Gasteiger partial charge in [-0.1, -0.05) is 38.5 Å². The molecular weight excluding hydrogens is 256 g/mol. The summed E-state index contributed by atoms with van der Waals surface area (Å²) in [6.45, 7) is 13.2. The number of nitrogens with one attached hydrogen (secondary N) is 1. The second-order valence-corrected chi connectivity index (χ2v) is 6.09. The van der Waals surface area contributed by atoms with E-state index in [1.54, 1.807) is 0 Å². The number of nitrogens with zero attached hydrogens (tertiary/aromatic N) is 1. The van der Waals surface area contributed by atoms with Gasteiger partial charge in [0.15, 0.2) is 0 Å². The van der Waals surface area contributed by atoms with Gasteiger partial charge in [-0.3, -0.25) is 0 Å². The number of H-pyrrole nitrogens is 1. The molecule has 1 aromatic carbocycles. The minimum Gasteiger partial charge on any atom is -0.345 e. The van der Waals surface area contributed by atoms with E-state index in [1.807, 2.05) is 0 Å². The minimum absolute atomic E-state index is 0.563. The van der Waals surface area contributed by atoms with Crippen LogP contribution in [0.2, 0.25) is 0 Å². The van der Waals surface area contributed by atoms with E-state index in [1.165, 1.54) is 33.6 Å². The van der Waals surface area contributed by atoms with Gasteiger partial charge in [-0.05, 0) is 44.7 Å². The zero-order valence-electron chi connectivity index (χ0n) is 14.3. The van der Waals surface area contributed by atoms with Crippen molar-refractivity contribution >= 4 is 0 Å². The molecule has 1 heterocycles. The second kappa shape index (κ2) is 6.46. The van der Waals surface area contributed by atoms with Crippen LogP contribution in [0.5, 0.6) is 0 Å². The SMILES string of the molecule is CCc1nc(-c2c(C)cc(C)cc2C)c(C(CC)CC)[nH]1. The molecule has 0 amide bonds. The number of rotatable bonds is 5. The molecule has 2 heteroatoms. The van der Waals surface area contributed by atoms with Crippen molar-refractivity contribution in [3.63, 3.8) is 0 Å². The van der Waals surface area contributed by atoms with Gasteiger partial charge in [0.25, 0.3) is 0 Å². The Kier molecular flexibility index (Phi) is 4.87. The van der Waals surface area contributed by atoms with Crippen molar-refractivity contribution in [2.75, 3.05) is 0 Å². The first kappa shape index (κ1) is 15.8. The number of benzene rings is 1. The Morgan fingerprint density at radius 1 is 1.00 bits per heavy atom. The molecule has 0 aliphatic carbocycles. The molecule has 0 spiro atoms. The Morgan fingerprint density at radius 3 is 2.05 bits per heavy atom. The van der Waals surface area contributed by atoms with Gasteiger partial charge < -0.3 is 4.98 Å². The van der Waals surface area contributed by atoms with E-state index in [2.05, 4.69) is 58.7 Å². The first-order valence-electron chi connectivity index (χ1n) is 8.18. The summed E-state index contributed by atoms with van der Waals surface area (Å²) >= 11 is 0. The van der Waals surface area contributed by atoms with Crippen LogP contribution >= 0.6 is 0 Å². The summed E-state index contributed by atoms with van der Waals surface area (Å²) in [6.07, 6.45) is 3.26. The van der Waals surface area contributed by atoms with E-state index in [0.717, 1.165) is 25.1 Å². The first-order valence-corrected chi connectivity index (χ1v) is 8.18. The summed E-state index contributed by atoms with van der Waals surface area (Å²) in [5.41, 5.74) is 7.80. The summed E-state index contributed by atoms with van der Waals surface area (Å²) in [5, 5.41) is 0. The fourth-order valence-corrected chi connectivity index (χ4v) is 3.34. The zero-order valence-corrected chi connectivity index (χ0v) is 14.3. The smallest absolute Gasteiger partial charge is 0.106 e. The van der Waals surface area contributed by atoms with Crippen molar-refractivity contribution in [3.05, 3.63) is 40.3 Å². The lowest BCUT2D eigenvalue weighted by molar-refractivity contribution is 0.626. The summed E-state index contributed by atoms with van der Waals surface area (Å²) in [5.74, 6) is 1.67. The normalized spacial score (nSPS) is 11.4. The van der Waals surface area contributed by atoms with E-state index >= 15 is 0 Å². The molecule has 1 aromatic heterocycles. The molecule has 2 aromatic rings. The maximum atomic E-state index is 4.91. The first-order chi connectivity index (χ1) is 10.0. The molecule has 0 saturated carbocycles. The van der Waals surface area contributed by atoms with Gasteiger partial charge in [0.1, 0.15) is 5.82 Å². The van der Waals surface area contributed by atoms with Crippen molar-refractivity contribution in [3.8, 4) is 11.3 Å². The van der Waals surface area contributed by atoms with Gasteiger partial charge in [-0.2, -0.15) is 0 Å². The van der Waals surface area contributed by atoms with E-state index in [4.69, 9.17) is 4.98 Å². The third-order valence-electron chi connectivity index (χ3n) is 4.42. The van der Waals surface area contributed by atoms with Crippen LogP contribution in [-0.2, 0) is 6.42 Å². The van der Waals surface area contributed by atoms with Crippen LogP contribution < -0.4 is 0 Å². The van der Waals surface area contributed by atoms with E-state index < -0.39 is 0 Å². The fraction of sp³-hybridized carbons (Fsp3) is 0.526. The quantitative estimate of drug-likeness (QED) is 0.775. The van der Waals surface area contributed by atoms with Gasteiger partial charge in [0.2, 0.25) is 0 Å². The molecule has 2 nitrogen and oxygen atoms in total. The molecule has 114 valence electrons. The molecule has 0 unspecified atom stereocenters. The Balaban J connectivity index is 2.66. The maximum Gasteiger partial charge on any atom is 0.106 e. The highest BCUT2D eigenvalue weighted by molar-refractivity contribution is 5.71. The molecule has 0 fully saturated rings. The molecule has 2 rings (SSSR count). The molecule has 0 aliphatic heterocycles. The third-order valence-corrected chi connectivity index (χ3v) is 4.42. The molecular formula is C19H28N2. The lowest BCUT2D eigenvalue weighted by Crippen LogP contribution is -2.00. The van der Waals surface area contributed by atoms with Crippen LogP contribution in [0.25, 0.3) is 11.3 Å². The predicted octanol–water partition coefficient (Wildman–Crippen LogP) is 5.47. The molecule has 0 saturated heterocycles. The molecule has 0 bridgehead atoms. The third kappa shape index (κ3) is 3.04. The predicted molar refractivity (Wildman–Crippen MR) is 90.9 cm³/mol. The number of aromatic amines is 1. The standard InChI is InChI=1S/C19H28N2/c1-7-15(8-2)18-19(21-16(9-3)20-18)17-13(5)10-12(4)11-14(17)6/h10-11,15H,7-9H2,1-6H3,(H,20,21). The molecule has 1 N–H and O–H groups in total. The second-order valence-electron chi connectivity index (χ2n) is 6.09. The lowest BCUT2D eigenvalue weighted by atomic mass is 9.91. The highest BCUT2D eigenvalue weighted by Gasteiger charge is 2.20. The van der Waals surface area contributed by atoms with E-state index in [9.17, 15) is 0 Å².